The number of alkyl halides is 3. The molecule has 3 aromatic heterocycles. The molecule has 10 nitrogen and oxygen atoms in total. The normalized spacial score (nSPS) is 15.0. The van der Waals surface area contributed by atoms with E-state index in [0.29, 0.717) is 30.5 Å². The van der Waals surface area contributed by atoms with Gasteiger partial charge in [0.15, 0.2) is 5.82 Å². The maximum Gasteiger partial charge on any atom is 0.417 e. The highest BCUT2D eigenvalue weighted by atomic mass is 32.2. The number of halogens is 3. The fourth-order valence-corrected chi connectivity index (χ4v) is 5.07. The van der Waals surface area contributed by atoms with Crippen LogP contribution in [0.1, 0.15) is 39.3 Å². The smallest absolute Gasteiger partial charge is 0.320 e. The Morgan fingerprint density at radius 1 is 1.11 bits per heavy atom. The summed E-state index contributed by atoms with van der Waals surface area (Å²) in [6.07, 6.45) is 1.39. The molecule has 14 heteroatoms. The minimum Gasteiger partial charge on any atom is -0.320 e. The lowest BCUT2D eigenvalue weighted by atomic mass is 10.0. The van der Waals surface area contributed by atoms with E-state index in [0.717, 1.165) is 22.9 Å². The van der Waals surface area contributed by atoms with Gasteiger partial charge in [0, 0.05) is 33.4 Å². The summed E-state index contributed by atoms with van der Waals surface area (Å²) in [4.78, 5) is 21.2. The van der Waals surface area contributed by atoms with E-state index < -0.39 is 27.9 Å². The molecule has 1 aliphatic rings. The number of pyridine rings is 2. The van der Waals surface area contributed by atoms with Crippen molar-refractivity contribution in [2.45, 2.75) is 26.4 Å². The summed E-state index contributed by atoms with van der Waals surface area (Å²) < 4.78 is 67.0. The monoisotopic (exact) mass is 549 g/mol. The minimum absolute atomic E-state index is 0.147. The van der Waals surface area contributed by atoms with Crippen molar-refractivity contribution in [1.82, 2.24) is 28.4 Å². The first-order valence-electron chi connectivity index (χ1n) is 11.5. The first-order chi connectivity index (χ1) is 17.8. The topological polar surface area (TPSA) is 113 Å². The van der Waals surface area contributed by atoms with Crippen molar-refractivity contribution in [3.8, 4) is 5.82 Å². The third kappa shape index (κ3) is 5.47. The second-order valence-electron chi connectivity index (χ2n) is 8.93. The fraction of sp³-hybridized carbons (Fsp3) is 0.333. The molecule has 1 amide bonds. The van der Waals surface area contributed by atoms with E-state index in [2.05, 4.69) is 20.4 Å². The molecule has 1 aliphatic heterocycles. The van der Waals surface area contributed by atoms with Gasteiger partial charge in [-0.15, -0.1) is 0 Å². The highest BCUT2D eigenvalue weighted by Gasteiger charge is 2.31. The summed E-state index contributed by atoms with van der Waals surface area (Å²) >= 11 is 0. The van der Waals surface area contributed by atoms with Gasteiger partial charge in [0.1, 0.15) is 0 Å². The Labute approximate surface area is 218 Å². The van der Waals surface area contributed by atoms with Crippen molar-refractivity contribution in [2.75, 3.05) is 32.5 Å². The SMILES string of the molecule is Cc1cc(NC(=O)c2cnn(-c3ccc(C(F)(F)F)cn3)c2C)cnc1C1=CCN(S(=O)(=O)N(C)C)CC1. The number of nitrogens with one attached hydrogen (secondary N) is 1. The van der Waals surface area contributed by atoms with Gasteiger partial charge in [-0.25, -0.2) is 9.67 Å². The van der Waals surface area contributed by atoms with Gasteiger partial charge in [0.25, 0.3) is 16.1 Å². The number of nitrogens with zero attached hydrogens (tertiary/aromatic N) is 6. The molecular formula is C24H26F3N7O3S. The summed E-state index contributed by atoms with van der Waals surface area (Å²) in [5, 5.41) is 6.87. The van der Waals surface area contributed by atoms with Crippen LogP contribution in [0, 0.1) is 13.8 Å². The first kappa shape index (κ1) is 27.4. The van der Waals surface area contributed by atoms with Crippen LogP contribution >= 0.6 is 0 Å². The van der Waals surface area contributed by atoms with Gasteiger partial charge < -0.3 is 5.32 Å². The van der Waals surface area contributed by atoms with Crippen molar-refractivity contribution in [3.05, 3.63) is 70.9 Å². The minimum atomic E-state index is -4.50. The fourth-order valence-electron chi connectivity index (χ4n) is 4.03. The lowest BCUT2D eigenvalue weighted by Gasteiger charge is -2.28. The molecular weight excluding hydrogens is 523 g/mol. The van der Waals surface area contributed by atoms with Crippen LogP contribution < -0.4 is 5.32 Å². The van der Waals surface area contributed by atoms with Crippen LogP contribution in [0.4, 0.5) is 18.9 Å². The average Bonchev–Trinajstić information content (AvgIpc) is 3.25. The molecule has 0 bridgehead atoms. The molecule has 0 unspecified atom stereocenters. The zero-order chi connectivity index (χ0) is 27.8. The number of amides is 1. The number of hydrogen-bond acceptors (Lipinski definition) is 6. The molecule has 0 spiro atoms. The van der Waals surface area contributed by atoms with Gasteiger partial charge in [-0.05, 0) is 49.6 Å². The van der Waals surface area contributed by atoms with Gasteiger partial charge in [-0.3, -0.25) is 9.78 Å². The molecule has 1 N–H and O–H groups in total. The molecule has 0 saturated carbocycles. The summed E-state index contributed by atoms with van der Waals surface area (Å²) in [5.41, 5.74) is 2.65. The van der Waals surface area contributed by atoms with Gasteiger partial charge >= 0.3 is 6.18 Å². The predicted molar refractivity (Wildman–Crippen MR) is 135 cm³/mol. The average molecular weight is 550 g/mol. The number of anilines is 1. The van der Waals surface area contributed by atoms with Gasteiger partial charge in [-0.1, -0.05) is 6.08 Å². The third-order valence-corrected chi connectivity index (χ3v) is 8.05. The van der Waals surface area contributed by atoms with Crippen LogP contribution in [-0.2, 0) is 16.4 Å². The zero-order valence-corrected chi connectivity index (χ0v) is 21.9. The number of carbonyl (C=O) groups excluding carboxylic acids is 1. The molecule has 3 aromatic rings. The first-order valence-corrected chi connectivity index (χ1v) is 12.9. The molecule has 202 valence electrons. The Morgan fingerprint density at radius 2 is 1.84 bits per heavy atom. The lowest BCUT2D eigenvalue weighted by molar-refractivity contribution is -0.137. The maximum atomic E-state index is 12.9. The Balaban J connectivity index is 1.47. The number of aromatic nitrogens is 4. The van der Waals surface area contributed by atoms with Crippen molar-refractivity contribution >= 4 is 27.4 Å². The zero-order valence-electron chi connectivity index (χ0n) is 21.1. The van der Waals surface area contributed by atoms with Crippen molar-refractivity contribution < 1.29 is 26.4 Å². The Hall–Kier alpha value is -3.62. The lowest BCUT2D eigenvalue weighted by Crippen LogP contribution is -2.42. The molecule has 0 fully saturated rings. The highest BCUT2D eigenvalue weighted by molar-refractivity contribution is 7.86. The second kappa shape index (κ2) is 10.3. The van der Waals surface area contributed by atoms with E-state index >= 15 is 0 Å². The Kier molecular flexibility index (Phi) is 7.41. The summed E-state index contributed by atoms with van der Waals surface area (Å²) in [6.45, 7) is 4.04. The van der Waals surface area contributed by atoms with E-state index in [9.17, 15) is 26.4 Å². The third-order valence-electron chi connectivity index (χ3n) is 6.15. The van der Waals surface area contributed by atoms with Crippen LogP contribution in [-0.4, -0.2) is 69.9 Å². The van der Waals surface area contributed by atoms with Gasteiger partial charge in [0.05, 0.1) is 40.6 Å². The number of rotatable bonds is 6. The number of aryl methyl sites for hydroxylation is 1. The highest BCUT2D eigenvalue weighted by Crippen LogP contribution is 2.29. The maximum absolute atomic E-state index is 12.9. The number of hydrogen-bond donors (Lipinski definition) is 1. The molecule has 0 atom stereocenters. The Morgan fingerprint density at radius 3 is 2.39 bits per heavy atom. The van der Waals surface area contributed by atoms with E-state index in [4.69, 9.17) is 0 Å². The van der Waals surface area contributed by atoms with E-state index in [1.807, 2.05) is 13.0 Å². The Bertz CT molecular complexity index is 1500. The summed E-state index contributed by atoms with van der Waals surface area (Å²) in [6, 6.07) is 3.85. The summed E-state index contributed by atoms with van der Waals surface area (Å²) in [7, 11) is -0.509. The number of carbonyl (C=O) groups is 1. The van der Waals surface area contributed by atoms with E-state index in [1.54, 1.807) is 13.0 Å². The van der Waals surface area contributed by atoms with E-state index in [1.165, 1.54) is 45.8 Å². The van der Waals surface area contributed by atoms with Crippen molar-refractivity contribution in [1.29, 1.82) is 0 Å². The second-order valence-corrected chi connectivity index (χ2v) is 11.1. The molecule has 4 rings (SSSR count). The molecule has 0 aliphatic carbocycles. The van der Waals surface area contributed by atoms with Crippen molar-refractivity contribution in [3.63, 3.8) is 0 Å². The molecule has 38 heavy (non-hydrogen) atoms. The van der Waals surface area contributed by atoms with Gasteiger partial charge in [-0.2, -0.15) is 35.3 Å². The quantitative estimate of drug-likeness (QED) is 0.504. The standard InChI is InChI=1S/C24H26F3N7O3S/c1-15-11-19(13-29-22(15)17-7-9-33(10-8-17)38(36,37)32(3)4)31-23(35)20-14-30-34(16(20)2)21-6-5-18(12-28-21)24(25,26)27/h5-7,11-14H,8-10H2,1-4H3,(H,31,35). The van der Waals surface area contributed by atoms with E-state index in [-0.39, 0.29) is 17.9 Å². The van der Waals surface area contributed by atoms with Crippen molar-refractivity contribution in [2.24, 2.45) is 0 Å². The molecule has 0 radical (unpaired) electrons. The van der Waals surface area contributed by atoms with Crippen LogP contribution in [0.3, 0.4) is 0 Å². The van der Waals surface area contributed by atoms with Crippen LogP contribution in [0.15, 0.2) is 42.9 Å². The molecule has 4 heterocycles. The summed E-state index contributed by atoms with van der Waals surface area (Å²) in [5.74, 6) is -0.315. The van der Waals surface area contributed by atoms with Gasteiger partial charge in [0.2, 0.25) is 0 Å². The van der Waals surface area contributed by atoms with Crippen LogP contribution in [0.25, 0.3) is 11.4 Å². The predicted octanol–water partition coefficient (Wildman–Crippen LogP) is 3.45. The molecule has 0 saturated heterocycles. The van der Waals surface area contributed by atoms with Crippen LogP contribution in [0.5, 0.6) is 0 Å². The molecule has 0 aromatic carbocycles. The van der Waals surface area contributed by atoms with Crippen LogP contribution in [0.2, 0.25) is 0 Å². The largest absolute Gasteiger partial charge is 0.417 e.